The molecule has 102 valence electrons. The maximum atomic E-state index is 11.5. The number of carbonyl (C=O) groups excluding carboxylic acids is 1. The highest BCUT2D eigenvalue weighted by atomic mass is 16.1. The Hall–Kier alpha value is -2.26. The monoisotopic (exact) mass is 266 g/mol. The Morgan fingerprint density at radius 3 is 2.60 bits per heavy atom. The van der Waals surface area contributed by atoms with Gasteiger partial charge in [-0.25, -0.2) is 0 Å². The van der Waals surface area contributed by atoms with Gasteiger partial charge < -0.3 is 5.32 Å². The van der Waals surface area contributed by atoms with Crippen LogP contribution in [0.3, 0.4) is 0 Å². The number of pyridine rings is 1. The first-order valence-corrected chi connectivity index (χ1v) is 6.58. The van der Waals surface area contributed by atoms with E-state index in [0.29, 0.717) is 11.3 Å². The van der Waals surface area contributed by atoms with Crippen molar-refractivity contribution >= 4 is 17.9 Å². The summed E-state index contributed by atoms with van der Waals surface area (Å²) in [6.45, 7) is 2.42. The van der Waals surface area contributed by atoms with Crippen LogP contribution in [0, 0.1) is 0 Å². The number of aromatic nitrogens is 1. The lowest BCUT2D eigenvalue weighted by molar-refractivity contribution is 0.101. The Labute approximate surface area is 119 Å². The summed E-state index contributed by atoms with van der Waals surface area (Å²) in [6, 6.07) is 11.9. The summed E-state index contributed by atoms with van der Waals surface area (Å²) in [5, 5.41) is 3.12. The number of hydrogen-bond acceptors (Lipinski definition) is 3. The quantitative estimate of drug-likeness (QED) is 0.845. The molecule has 2 aromatic rings. The maximum Gasteiger partial charge on any atom is 0.161 e. The van der Waals surface area contributed by atoms with Gasteiger partial charge in [0, 0.05) is 18.3 Å². The largest absolute Gasteiger partial charge is 0.316 e. The molecule has 1 aromatic heterocycles. The minimum Gasteiger partial charge on any atom is -0.316 e. The van der Waals surface area contributed by atoms with Gasteiger partial charge >= 0.3 is 0 Å². The molecular weight excluding hydrogens is 248 g/mol. The van der Waals surface area contributed by atoms with E-state index in [0.717, 1.165) is 12.1 Å². The van der Waals surface area contributed by atoms with Crippen LogP contribution in [0.1, 0.15) is 34.1 Å². The van der Waals surface area contributed by atoms with Crippen molar-refractivity contribution in [2.75, 3.05) is 7.05 Å². The van der Waals surface area contributed by atoms with Gasteiger partial charge in [0.25, 0.3) is 0 Å². The number of benzene rings is 1. The predicted molar refractivity (Wildman–Crippen MR) is 82.4 cm³/mol. The van der Waals surface area contributed by atoms with Gasteiger partial charge in [0.2, 0.25) is 0 Å². The van der Waals surface area contributed by atoms with E-state index in [1.165, 1.54) is 5.56 Å². The summed E-state index contributed by atoms with van der Waals surface area (Å²) in [5.74, 6) is 0.0297. The first-order valence-electron chi connectivity index (χ1n) is 6.58. The number of Topliss-reactive ketones (excluding diaryl/α,β-unsaturated/α-hetero) is 1. The van der Waals surface area contributed by atoms with E-state index < -0.39 is 0 Å². The van der Waals surface area contributed by atoms with E-state index in [-0.39, 0.29) is 5.78 Å². The fourth-order valence-electron chi connectivity index (χ4n) is 1.97. The van der Waals surface area contributed by atoms with Gasteiger partial charge in [-0.05, 0) is 43.3 Å². The van der Waals surface area contributed by atoms with Crippen molar-refractivity contribution in [2.24, 2.45) is 0 Å². The minimum atomic E-state index is 0.0297. The summed E-state index contributed by atoms with van der Waals surface area (Å²) in [5.41, 5.74) is 3.69. The summed E-state index contributed by atoms with van der Waals surface area (Å²) in [4.78, 5) is 15.8. The fraction of sp³-hybridized carbons (Fsp3) is 0.176. The standard InChI is InChI=1S/C17H18N2O/c1-13(20)16-4-3-11-19-17(16)10-9-14-5-7-15(8-6-14)12-18-2/h3-11,18H,12H2,1-2H3/b10-9+. The van der Waals surface area contributed by atoms with E-state index in [9.17, 15) is 4.79 Å². The van der Waals surface area contributed by atoms with Crippen molar-refractivity contribution in [2.45, 2.75) is 13.5 Å². The molecule has 20 heavy (non-hydrogen) atoms. The minimum absolute atomic E-state index is 0.0297. The number of nitrogens with zero attached hydrogens (tertiary/aromatic N) is 1. The van der Waals surface area contributed by atoms with Gasteiger partial charge in [0.1, 0.15) is 0 Å². The third-order valence-corrected chi connectivity index (χ3v) is 3.01. The summed E-state index contributed by atoms with van der Waals surface area (Å²) >= 11 is 0. The molecule has 1 aromatic carbocycles. The highest BCUT2D eigenvalue weighted by molar-refractivity contribution is 5.97. The molecular formula is C17H18N2O. The Kier molecular flexibility index (Phi) is 4.80. The van der Waals surface area contributed by atoms with Crippen LogP contribution in [0.5, 0.6) is 0 Å². The van der Waals surface area contributed by atoms with Gasteiger partial charge in [-0.15, -0.1) is 0 Å². The van der Waals surface area contributed by atoms with Crippen LogP contribution in [0.15, 0.2) is 42.6 Å². The Balaban J connectivity index is 2.19. The van der Waals surface area contributed by atoms with Crippen molar-refractivity contribution in [3.8, 4) is 0 Å². The molecule has 0 radical (unpaired) electrons. The summed E-state index contributed by atoms with van der Waals surface area (Å²) < 4.78 is 0. The topological polar surface area (TPSA) is 42.0 Å². The zero-order valence-electron chi connectivity index (χ0n) is 11.8. The molecule has 3 nitrogen and oxygen atoms in total. The van der Waals surface area contributed by atoms with E-state index in [2.05, 4.69) is 34.6 Å². The van der Waals surface area contributed by atoms with Gasteiger partial charge in [-0.2, -0.15) is 0 Å². The molecule has 0 saturated carbocycles. The fourth-order valence-corrected chi connectivity index (χ4v) is 1.97. The van der Waals surface area contributed by atoms with Crippen LogP contribution >= 0.6 is 0 Å². The molecule has 0 aliphatic carbocycles. The number of rotatable bonds is 5. The Bertz CT molecular complexity index is 615. The average molecular weight is 266 g/mol. The molecule has 0 fully saturated rings. The zero-order valence-corrected chi connectivity index (χ0v) is 11.8. The molecule has 0 amide bonds. The molecule has 0 saturated heterocycles. The van der Waals surface area contributed by atoms with Crippen molar-refractivity contribution in [3.05, 3.63) is 65.0 Å². The average Bonchev–Trinajstić information content (AvgIpc) is 2.47. The summed E-state index contributed by atoms with van der Waals surface area (Å²) in [6.07, 6.45) is 5.55. The normalized spacial score (nSPS) is 10.9. The second-order valence-corrected chi connectivity index (χ2v) is 4.60. The molecule has 2 rings (SSSR count). The first-order chi connectivity index (χ1) is 9.70. The van der Waals surface area contributed by atoms with E-state index in [4.69, 9.17) is 0 Å². The second-order valence-electron chi connectivity index (χ2n) is 4.60. The molecule has 0 aliphatic heterocycles. The number of carbonyl (C=O) groups is 1. The molecule has 1 heterocycles. The summed E-state index contributed by atoms with van der Waals surface area (Å²) in [7, 11) is 1.93. The Morgan fingerprint density at radius 2 is 1.95 bits per heavy atom. The lowest BCUT2D eigenvalue weighted by atomic mass is 10.1. The van der Waals surface area contributed by atoms with Crippen LogP contribution in [0.2, 0.25) is 0 Å². The number of ketones is 1. The van der Waals surface area contributed by atoms with Crippen molar-refractivity contribution in [3.63, 3.8) is 0 Å². The van der Waals surface area contributed by atoms with E-state index in [1.807, 2.05) is 19.2 Å². The smallest absolute Gasteiger partial charge is 0.161 e. The lowest BCUT2D eigenvalue weighted by Gasteiger charge is -2.02. The van der Waals surface area contributed by atoms with Gasteiger partial charge in [-0.3, -0.25) is 9.78 Å². The van der Waals surface area contributed by atoms with Crippen molar-refractivity contribution in [1.29, 1.82) is 0 Å². The van der Waals surface area contributed by atoms with E-state index >= 15 is 0 Å². The van der Waals surface area contributed by atoms with Crippen LogP contribution in [0.25, 0.3) is 12.2 Å². The lowest BCUT2D eigenvalue weighted by Crippen LogP contribution is -2.04. The van der Waals surface area contributed by atoms with Crippen LogP contribution < -0.4 is 5.32 Å². The molecule has 0 atom stereocenters. The first kappa shape index (κ1) is 14.2. The second kappa shape index (κ2) is 6.78. The highest BCUT2D eigenvalue weighted by Crippen LogP contribution is 2.12. The van der Waals surface area contributed by atoms with Crippen LogP contribution in [-0.4, -0.2) is 17.8 Å². The number of nitrogens with one attached hydrogen (secondary N) is 1. The molecule has 0 unspecified atom stereocenters. The van der Waals surface area contributed by atoms with Gasteiger partial charge in [0.15, 0.2) is 5.78 Å². The van der Waals surface area contributed by atoms with Crippen LogP contribution in [-0.2, 0) is 6.54 Å². The SMILES string of the molecule is CNCc1ccc(/C=C/c2ncccc2C(C)=O)cc1. The maximum absolute atomic E-state index is 11.5. The van der Waals surface area contributed by atoms with Gasteiger partial charge in [-0.1, -0.05) is 30.3 Å². The third-order valence-electron chi connectivity index (χ3n) is 3.01. The molecule has 0 bridgehead atoms. The van der Waals surface area contributed by atoms with Crippen molar-refractivity contribution in [1.82, 2.24) is 10.3 Å². The van der Waals surface area contributed by atoms with Gasteiger partial charge in [0.05, 0.1) is 5.69 Å². The highest BCUT2D eigenvalue weighted by Gasteiger charge is 2.04. The molecule has 0 aliphatic rings. The molecule has 3 heteroatoms. The predicted octanol–water partition coefficient (Wildman–Crippen LogP) is 3.17. The number of hydrogen-bond donors (Lipinski definition) is 1. The molecule has 0 spiro atoms. The third kappa shape index (κ3) is 3.62. The van der Waals surface area contributed by atoms with Crippen LogP contribution in [0.4, 0.5) is 0 Å². The molecule has 1 N–H and O–H groups in total. The zero-order chi connectivity index (χ0) is 14.4. The van der Waals surface area contributed by atoms with E-state index in [1.54, 1.807) is 25.3 Å². The Morgan fingerprint density at radius 1 is 1.20 bits per heavy atom. The van der Waals surface area contributed by atoms with Crippen molar-refractivity contribution < 1.29 is 4.79 Å².